The van der Waals surface area contributed by atoms with Crippen LogP contribution in [0, 0.1) is 5.92 Å². The van der Waals surface area contributed by atoms with E-state index in [9.17, 15) is 4.79 Å². The Morgan fingerprint density at radius 1 is 1.21 bits per heavy atom. The number of halogens is 2. The number of amides is 1. The highest BCUT2D eigenvalue weighted by Gasteiger charge is 2.14. The van der Waals surface area contributed by atoms with E-state index in [4.69, 9.17) is 9.47 Å². The average molecular weight is 436 g/mol. The summed E-state index contributed by atoms with van der Waals surface area (Å²) in [6.45, 7) is 4.12. The van der Waals surface area contributed by atoms with Crippen LogP contribution in [0.2, 0.25) is 0 Å². The first-order valence-corrected chi connectivity index (χ1v) is 9.50. The molecule has 162 valence electrons. The molecule has 1 heterocycles. The number of benzene rings is 1. The summed E-state index contributed by atoms with van der Waals surface area (Å²) in [6.07, 6.45) is 3.95. The number of hydrogen-bond donors (Lipinski definition) is 2. The third kappa shape index (κ3) is 9.82. The van der Waals surface area contributed by atoms with Crippen molar-refractivity contribution in [3.8, 4) is 11.5 Å². The number of ether oxygens (including phenoxy) is 2. The molecule has 2 N–H and O–H groups in total. The Labute approximate surface area is 181 Å². The lowest BCUT2D eigenvalue weighted by atomic mass is 9.93. The standard InChI is InChI=1S/C20H33N3O3.2ClH/c1-23(2)12-13-26-18-6-4-17(14-19(18)25-3)15-22-20(24)7-5-16-8-10-21-11-9-16;;/h4,6,14,16,21H,5,7-13,15H2,1-3H3,(H,22,24);2*1H. The van der Waals surface area contributed by atoms with Gasteiger partial charge in [0, 0.05) is 19.5 Å². The molecule has 0 spiro atoms. The second-order valence-electron chi connectivity index (χ2n) is 7.15. The van der Waals surface area contributed by atoms with Crippen LogP contribution in [-0.2, 0) is 11.3 Å². The summed E-state index contributed by atoms with van der Waals surface area (Å²) in [6, 6.07) is 5.81. The number of nitrogens with one attached hydrogen (secondary N) is 2. The molecule has 1 aliphatic rings. The number of hydrogen-bond acceptors (Lipinski definition) is 5. The molecule has 6 nitrogen and oxygen atoms in total. The zero-order valence-corrected chi connectivity index (χ0v) is 18.8. The Bertz CT molecular complexity index is 568. The van der Waals surface area contributed by atoms with Crippen molar-refractivity contribution in [1.29, 1.82) is 0 Å². The van der Waals surface area contributed by atoms with Crippen molar-refractivity contribution >= 4 is 30.7 Å². The summed E-state index contributed by atoms with van der Waals surface area (Å²) in [7, 11) is 5.66. The van der Waals surface area contributed by atoms with Crippen molar-refractivity contribution in [3.63, 3.8) is 0 Å². The Morgan fingerprint density at radius 3 is 2.57 bits per heavy atom. The maximum absolute atomic E-state index is 12.1. The summed E-state index contributed by atoms with van der Waals surface area (Å²) in [5, 5.41) is 6.37. The topological polar surface area (TPSA) is 62.8 Å². The predicted molar refractivity (Wildman–Crippen MR) is 118 cm³/mol. The van der Waals surface area contributed by atoms with E-state index in [1.807, 2.05) is 32.3 Å². The van der Waals surface area contributed by atoms with Crippen LogP contribution in [0.3, 0.4) is 0 Å². The lowest BCUT2D eigenvalue weighted by Gasteiger charge is -2.22. The van der Waals surface area contributed by atoms with Crippen molar-refractivity contribution in [2.24, 2.45) is 5.92 Å². The maximum atomic E-state index is 12.1. The molecule has 1 aromatic carbocycles. The van der Waals surface area contributed by atoms with E-state index in [-0.39, 0.29) is 30.7 Å². The van der Waals surface area contributed by atoms with Crippen LogP contribution < -0.4 is 20.1 Å². The number of rotatable bonds is 10. The average Bonchev–Trinajstić information content (AvgIpc) is 2.65. The van der Waals surface area contributed by atoms with E-state index in [0.717, 1.165) is 37.4 Å². The smallest absolute Gasteiger partial charge is 0.220 e. The van der Waals surface area contributed by atoms with Gasteiger partial charge in [-0.3, -0.25) is 4.79 Å². The van der Waals surface area contributed by atoms with E-state index in [1.54, 1.807) is 7.11 Å². The van der Waals surface area contributed by atoms with Gasteiger partial charge < -0.3 is 25.0 Å². The molecular formula is C20H35Cl2N3O3. The van der Waals surface area contributed by atoms with Gasteiger partial charge in [-0.15, -0.1) is 24.8 Å². The van der Waals surface area contributed by atoms with E-state index in [2.05, 4.69) is 15.5 Å². The van der Waals surface area contributed by atoms with E-state index in [1.165, 1.54) is 12.8 Å². The molecular weight excluding hydrogens is 401 g/mol. The number of nitrogens with zero attached hydrogens (tertiary/aromatic N) is 1. The summed E-state index contributed by atoms with van der Waals surface area (Å²) in [5.74, 6) is 2.23. The van der Waals surface area contributed by atoms with E-state index >= 15 is 0 Å². The quantitative estimate of drug-likeness (QED) is 0.591. The maximum Gasteiger partial charge on any atom is 0.220 e. The molecule has 1 aliphatic heterocycles. The second kappa shape index (κ2) is 14.7. The fraction of sp³-hybridized carbons (Fsp3) is 0.650. The third-order valence-corrected chi connectivity index (χ3v) is 4.75. The lowest BCUT2D eigenvalue weighted by Crippen LogP contribution is -2.29. The van der Waals surface area contributed by atoms with Crippen LogP contribution in [0.4, 0.5) is 0 Å². The zero-order valence-electron chi connectivity index (χ0n) is 17.2. The van der Waals surface area contributed by atoms with E-state index in [0.29, 0.717) is 31.2 Å². The molecule has 1 saturated heterocycles. The number of methoxy groups -OCH3 is 1. The summed E-state index contributed by atoms with van der Waals surface area (Å²) in [5.41, 5.74) is 1.01. The van der Waals surface area contributed by atoms with Gasteiger partial charge in [-0.25, -0.2) is 0 Å². The second-order valence-corrected chi connectivity index (χ2v) is 7.15. The predicted octanol–water partition coefficient (Wildman–Crippen LogP) is 2.88. The van der Waals surface area contributed by atoms with E-state index < -0.39 is 0 Å². The van der Waals surface area contributed by atoms with Gasteiger partial charge in [0.05, 0.1) is 7.11 Å². The molecule has 1 fully saturated rings. The van der Waals surface area contributed by atoms with Gasteiger partial charge in [-0.05, 0) is 70.1 Å². The van der Waals surface area contributed by atoms with Crippen LogP contribution in [0.1, 0.15) is 31.2 Å². The van der Waals surface area contributed by atoms with Crippen LogP contribution in [0.15, 0.2) is 18.2 Å². The van der Waals surface area contributed by atoms with Crippen LogP contribution in [0.5, 0.6) is 11.5 Å². The monoisotopic (exact) mass is 435 g/mol. The van der Waals surface area contributed by atoms with Crippen molar-refractivity contribution in [2.45, 2.75) is 32.2 Å². The minimum atomic E-state index is 0. The first kappa shape index (κ1) is 26.8. The van der Waals surface area contributed by atoms with Crippen LogP contribution in [-0.4, -0.2) is 58.3 Å². The highest BCUT2D eigenvalue weighted by molar-refractivity contribution is 5.85. The van der Waals surface area contributed by atoms with Crippen LogP contribution >= 0.6 is 24.8 Å². The number of carbonyl (C=O) groups excluding carboxylic acids is 1. The Hall–Kier alpha value is -1.21. The molecule has 0 unspecified atom stereocenters. The number of likely N-dealkylation sites (N-methyl/N-ethyl adjacent to an activating group) is 1. The van der Waals surface area contributed by atoms with Gasteiger partial charge in [-0.1, -0.05) is 6.07 Å². The van der Waals surface area contributed by atoms with Crippen molar-refractivity contribution in [3.05, 3.63) is 23.8 Å². The highest BCUT2D eigenvalue weighted by atomic mass is 35.5. The summed E-state index contributed by atoms with van der Waals surface area (Å²) >= 11 is 0. The van der Waals surface area contributed by atoms with Gasteiger partial charge in [-0.2, -0.15) is 0 Å². The SMILES string of the molecule is COc1cc(CNC(=O)CCC2CCNCC2)ccc1OCCN(C)C.Cl.Cl. The Balaban J connectivity index is 0.00000364. The molecule has 0 aliphatic carbocycles. The summed E-state index contributed by atoms with van der Waals surface area (Å²) < 4.78 is 11.2. The Kier molecular flexibility index (Phi) is 14.1. The van der Waals surface area contributed by atoms with Gasteiger partial charge >= 0.3 is 0 Å². The first-order valence-electron chi connectivity index (χ1n) is 9.50. The third-order valence-electron chi connectivity index (χ3n) is 4.75. The molecule has 0 atom stereocenters. The molecule has 2 rings (SSSR count). The molecule has 8 heteroatoms. The van der Waals surface area contributed by atoms with Crippen molar-refractivity contribution < 1.29 is 14.3 Å². The lowest BCUT2D eigenvalue weighted by molar-refractivity contribution is -0.121. The fourth-order valence-corrected chi connectivity index (χ4v) is 3.07. The molecule has 1 aromatic rings. The first-order chi connectivity index (χ1) is 12.6. The molecule has 0 radical (unpaired) electrons. The normalized spacial score (nSPS) is 14.0. The molecule has 0 saturated carbocycles. The molecule has 28 heavy (non-hydrogen) atoms. The van der Waals surface area contributed by atoms with Gasteiger partial charge in [0.1, 0.15) is 6.61 Å². The minimum absolute atomic E-state index is 0. The van der Waals surface area contributed by atoms with Crippen LogP contribution in [0.25, 0.3) is 0 Å². The minimum Gasteiger partial charge on any atom is -0.493 e. The van der Waals surface area contributed by atoms with Gasteiger partial charge in [0.15, 0.2) is 11.5 Å². The molecule has 1 amide bonds. The van der Waals surface area contributed by atoms with Crippen molar-refractivity contribution in [2.75, 3.05) is 47.4 Å². The van der Waals surface area contributed by atoms with Gasteiger partial charge in [0.2, 0.25) is 5.91 Å². The number of carbonyl (C=O) groups is 1. The summed E-state index contributed by atoms with van der Waals surface area (Å²) in [4.78, 5) is 14.2. The molecule has 0 aromatic heterocycles. The largest absolute Gasteiger partial charge is 0.493 e. The highest BCUT2D eigenvalue weighted by Crippen LogP contribution is 2.28. The van der Waals surface area contributed by atoms with Crippen molar-refractivity contribution in [1.82, 2.24) is 15.5 Å². The Morgan fingerprint density at radius 2 is 1.93 bits per heavy atom. The van der Waals surface area contributed by atoms with Gasteiger partial charge in [0.25, 0.3) is 0 Å². The number of piperidine rings is 1. The molecule has 0 bridgehead atoms. The zero-order chi connectivity index (χ0) is 18.8. The fourth-order valence-electron chi connectivity index (χ4n) is 3.07.